The number of aromatic amines is 3. The predicted octanol–water partition coefficient (Wildman–Crippen LogP) is 18.3. The molecule has 0 unspecified atom stereocenters. The highest BCUT2D eigenvalue weighted by molar-refractivity contribution is 5.81. The van der Waals surface area contributed by atoms with Crippen molar-refractivity contribution in [1.29, 1.82) is 0 Å². The molecule has 6 heterocycles. The quantitative estimate of drug-likeness (QED) is 0.0792. The number of hydrogen-bond donors (Lipinski definition) is 7. The fraction of sp³-hybridized carbons (Fsp3) is 0.333. The second-order valence-electron chi connectivity index (χ2n) is 22.9. The highest BCUT2D eigenvalue weighted by Crippen LogP contribution is 2.32. The summed E-state index contributed by atoms with van der Waals surface area (Å²) in [4.78, 5) is 26.6. The number of nitrogens with one attached hydrogen (secondary N) is 6. The summed E-state index contributed by atoms with van der Waals surface area (Å²) in [6.07, 6.45) is 5.71. The van der Waals surface area contributed by atoms with Crippen LogP contribution in [0.2, 0.25) is 0 Å². The number of aryl methyl sites for hydroxylation is 1. The Morgan fingerprint density at radius 3 is 1.44 bits per heavy atom. The lowest BCUT2D eigenvalue weighted by Crippen LogP contribution is -1.97. The molecule has 0 saturated heterocycles. The number of allylic oxidation sites excluding steroid dienone is 2. The van der Waals surface area contributed by atoms with Crippen LogP contribution >= 0.6 is 0 Å². The van der Waals surface area contributed by atoms with E-state index in [1.807, 2.05) is 19.2 Å². The Morgan fingerprint density at radius 2 is 0.925 bits per heavy atom. The molecule has 6 aromatic carbocycles. The van der Waals surface area contributed by atoms with Crippen molar-refractivity contribution in [2.24, 2.45) is 0 Å². The Morgan fingerprint density at radius 1 is 0.487 bits per heavy atom. The lowest BCUT2D eigenvalue weighted by Gasteiger charge is -2.06. The molecular formula is C69H87N11. The van der Waals surface area contributed by atoms with Crippen molar-refractivity contribution in [3.63, 3.8) is 0 Å². The van der Waals surface area contributed by atoms with Crippen molar-refractivity contribution in [3.05, 3.63) is 203 Å². The van der Waals surface area contributed by atoms with Crippen molar-refractivity contribution >= 4 is 67.1 Å². The second kappa shape index (κ2) is 27.1. The van der Waals surface area contributed by atoms with Crippen molar-refractivity contribution in [2.75, 3.05) is 28.2 Å². The lowest BCUT2D eigenvalue weighted by atomic mass is 10.00. The van der Waals surface area contributed by atoms with E-state index in [0.717, 1.165) is 75.5 Å². The van der Waals surface area contributed by atoms with Gasteiger partial charge in [-0.15, -0.1) is 0 Å². The molecule has 2 aliphatic rings. The van der Waals surface area contributed by atoms with Gasteiger partial charge in [-0.2, -0.15) is 0 Å². The molecule has 0 bridgehead atoms. The number of nitrogens with two attached hydrogens (primary N) is 1. The average molecular weight is 1070 g/mol. The minimum atomic E-state index is 0.329. The largest absolute Gasteiger partial charge is 0.368 e. The van der Waals surface area contributed by atoms with Crippen LogP contribution in [-0.4, -0.2) is 41.4 Å². The van der Waals surface area contributed by atoms with Crippen LogP contribution in [0.25, 0.3) is 43.9 Å². The summed E-state index contributed by atoms with van der Waals surface area (Å²) in [5.41, 5.74) is 27.6. The first-order valence-electron chi connectivity index (χ1n) is 28.6. The number of H-pyrrole nitrogens is 3. The SMILES string of the molecule is C=C1Cc2cc(C(C)C)ccc2N1.C=C1Cc2cc(C(C)C)ccc2N1.CC(C)c1ccc2[nH]ccc2c1.CC(C)c1ccc2nc(N)ncc2c1.CCNc1nc2ccc(C(C)C)cc2[nH]1.Cc1nc2ccc(C(C)C)cc2[nH]1. The molecule has 4 aromatic heterocycles. The normalized spacial score (nSPS) is 12.3. The van der Waals surface area contributed by atoms with Crippen LogP contribution in [0, 0.1) is 6.92 Å². The lowest BCUT2D eigenvalue weighted by molar-refractivity contribution is 0.865. The second-order valence-corrected chi connectivity index (χ2v) is 22.9. The smallest absolute Gasteiger partial charge is 0.220 e. The molecule has 11 heteroatoms. The van der Waals surface area contributed by atoms with E-state index < -0.39 is 0 Å². The van der Waals surface area contributed by atoms with Gasteiger partial charge in [-0.05, 0) is 166 Å². The number of benzene rings is 6. The summed E-state index contributed by atoms with van der Waals surface area (Å²) in [5.74, 6) is 5.66. The summed E-state index contributed by atoms with van der Waals surface area (Å²) < 4.78 is 0. The molecule has 12 rings (SSSR count). The molecular weight excluding hydrogens is 983 g/mol. The van der Waals surface area contributed by atoms with E-state index >= 15 is 0 Å². The highest BCUT2D eigenvalue weighted by atomic mass is 15.1. The van der Waals surface area contributed by atoms with E-state index in [2.05, 4.69) is 263 Å². The van der Waals surface area contributed by atoms with Gasteiger partial charge in [-0.25, -0.2) is 19.9 Å². The van der Waals surface area contributed by atoms with Gasteiger partial charge in [-0.1, -0.05) is 145 Å². The molecule has 8 N–H and O–H groups in total. The Labute approximate surface area is 475 Å². The molecule has 0 radical (unpaired) electrons. The van der Waals surface area contributed by atoms with Gasteiger partial charge in [0.05, 0.1) is 27.6 Å². The number of hydrogen-bond acceptors (Lipinski definition) is 8. The highest BCUT2D eigenvalue weighted by Gasteiger charge is 2.15. The molecule has 11 nitrogen and oxygen atoms in total. The van der Waals surface area contributed by atoms with Crippen molar-refractivity contribution in [1.82, 2.24) is 34.9 Å². The van der Waals surface area contributed by atoms with E-state index in [1.54, 1.807) is 6.20 Å². The maximum absolute atomic E-state index is 5.50. The fourth-order valence-corrected chi connectivity index (χ4v) is 9.42. The van der Waals surface area contributed by atoms with Crippen LogP contribution in [0.15, 0.2) is 152 Å². The Hall–Kier alpha value is -8.18. The Bertz CT molecular complexity index is 3610. The van der Waals surface area contributed by atoms with Crippen molar-refractivity contribution in [2.45, 2.75) is 145 Å². The van der Waals surface area contributed by atoms with Crippen LogP contribution in [-0.2, 0) is 12.8 Å². The number of nitrogen functional groups attached to an aromatic ring is 1. The topological polar surface area (TPSA) is 161 Å². The zero-order chi connectivity index (χ0) is 57.8. The first kappa shape index (κ1) is 59.5. The number of imidazole rings is 2. The zero-order valence-corrected chi connectivity index (χ0v) is 50.0. The molecule has 0 fully saturated rings. The maximum Gasteiger partial charge on any atom is 0.220 e. The van der Waals surface area contributed by atoms with E-state index in [0.29, 0.717) is 41.5 Å². The fourth-order valence-electron chi connectivity index (χ4n) is 9.42. The monoisotopic (exact) mass is 1070 g/mol. The summed E-state index contributed by atoms with van der Waals surface area (Å²) in [6.45, 7) is 39.2. The van der Waals surface area contributed by atoms with Gasteiger partial charge < -0.3 is 36.6 Å². The number of anilines is 4. The van der Waals surface area contributed by atoms with Crippen LogP contribution in [0.1, 0.15) is 176 Å². The first-order chi connectivity index (χ1) is 38.1. The molecule has 0 atom stereocenters. The number of nitrogens with zero attached hydrogens (tertiary/aromatic N) is 4. The number of aromatic nitrogens is 7. The standard InChI is InChI=1S/C12H17N3.2C12H15N.C11H13N3.C11H14N2.C11H13N/c1-4-13-12-14-10-6-5-9(8(2)3)7-11(10)15-12;2*1-8(2)10-4-5-12-11(7-10)6-9(3)13-12;1-7(2)8-3-4-10-9(5-8)6-13-11(12)14-10;1-7(2)9-4-5-10-11(6-9)13-8(3)12-10;1-8(2)9-3-4-11-10(7-9)5-6-12-11/h5-8H,4H2,1-3H3,(H2,13,14,15);2*4-5,7-8,13H,3,6H2,1-2H3;3-7H,1-2H3,(H2,12,13,14);4-7H,1-3H3,(H,12,13);3-8,12H,1-2H3. The third kappa shape index (κ3) is 16.0. The van der Waals surface area contributed by atoms with E-state index in [-0.39, 0.29) is 0 Å². The van der Waals surface area contributed by atoms with Gasteiger partial charge in [0.15, 0.2) is 0 Å². The summed E-state index contributed by atoms with van der Waals surface area (Å²) in [7, 11) is 0. The van der Waals surface area contributed by atoms with Crippen LogP contribution in [0.4, 0.5) is 23.3 Å². The van der Waals surface area contributed by atoms with Crippen LogP contribution in [0.3, 0.4) is 0 Å². The summed E-state index contributed by atoms with van der Waals surface area (Å²) >= 11 is 0. The van der Waals surface area contributed by atoms with Crippen molar-refractivity contribution in [3.8, 4) is 0 Å². The van der Waals surface area contributed by atoms with Gasteiger partial charge in [0.25, 0.3) is 0 Å². The van der Waals surface area contributed by atoms with Gasteiger partial charge in [0.1, 0.15) is 5.82 Å². The average Bonchev–Trinajstić information content (AvgIpc) is 4.30. The van der Waals surface area contributed by atoms with E-state index in [1.165, 1.54) is 66.8 Å². The predicted molar refractivity (Wildman–Crippen MR) is 344 cm³/mol. The first-order valence-corrected chi connectivity index (χ1v) is 28.6. The van der Waals surface area contributed by atoms with Gasteiger partial charge >= 0.3 is 0 Å². The van der Waals surface area contributed by atoms with E-state index in [9.17, 15) is 0 Å². The van der Waals surface area contributed by atoms with Crippen LogP contribution in [0.5, 0.6) is 0 Å². The molecule has 0 spiro atoms. The van der Waals surface area contributed by atoms with Crippen molar-refractivity contribution < 1.29 is 0 Å². The molecule has 2 aliphatic heterocycles. The molecule has 0 saturated carbocycles. The zero-order valence-electron chi connectivity index (χ0n) is 50.0. The van der Waals surface area contributed by atoms with E-state index in [4.69, 9.17) is 5.73 Å². The number of rotatable bonds is 8. The van der Waals surface area contributed by atoms with Gasteiger partial charge in [-0.3, -0.25) is 0 Å². The number of fused-ring (bicyclic) bond motifs is 6. The minimum Gasteiger partial charge on any atom is -0.368 e. The summed E-state index contributed by atoms with van der Waals surface area (Å²) in [5, 5.41) is 12.1. The Kier molecular flexibility index (Phi) is 20.2. The Balaban J connectivity index is 0.000000139. The van der Waals surface area contributed by atoms with Gasteiger partial charge in [0, 0.05) is 65.5 Å². The molecule has 418 valence electrons. The third-order valence-corrected chi connectivity index (χ3v) is 14.4. The maximum atomic E-state index is 5.50. The molecule has 0 aliphatic carbocycles. The molecule has 0 amide bonds. The van der Waals surface area contributed by atoms with Gasteiger partial charge in [0.2, 0.25) is 11.9 Å². The summed E-state index contributed by atoms with van der Waals surface area (Å²) in [6, 6.07) is 40.9. The minimum absolute atomic E-state index is 0.329. The third-order valence-electron chi connectivity index (χ3n) is 14.4. The molecule has 80 heavy (non-hydrogen) atoms. The molecule has 10 aromatic rings. The van der Waals surface area contributed by atoms with Crippen LogP contribution < -0.4 is 21.7 Å².